The molecule has 38 heavy (non-hydrogen) atoms. The van der Waals surface area contributed by atoms with Crippen LogP contribution in [0.4, 0.5) is 5.95 Å². The highest BCUT2D eigenvalue weighted by molar-refractivity contribution is 7.52. The van der Waals surface area contributed by atoms with Gasteiger partial charge in [0, 0.05) is 0 Å². The number of benzene rings is 1. The second-order valence-corrected chi connectivity index (χ2v) is 10.5. The number of anilines is 1. The third-order valence-corrected chi connectivity index (χ3v) is 7.58. The van der Waals surface area contributed by atoms with Gasteiger partial charge in [0.1, 0.15) is 17.2 Å². The van der Waals surface area contributed by atoms with Crippen LogP contribution in [0.15, 0.2) is 36.7 Å². The molecule has 1 unspecified atom stereocenters. The molecule has 1 saturated heterocycles. The molecule has 202 valence electrons. The first-order chi connectivity index (χ1) is 18.1. The van der Waals surface area contributed by atoms with Crippen molar-refractivity contribution in [1.29, 1.82) is 5.26 Å². The summed E-state index contributed by atoms with van der Waals surface area (Å²) in [5.41, 5.74) is 5.48. The number of carbonyl (C=O) groups excluding carboxylic acids is 1. The molecule has 1 aliphatic heterocycles. The topological polar surface area (TPSA) is 186 Å². The van der Waals surface area contributed by atoms with E-state index in [4.69, 9.17) is 29.0 Å². The normalized spacial score (nSPS) is 23.3. The van der Waals surface area contributed by atoms with Gasteiger partial charge in [0.2, 0.25) is 11.8 Å². The van der Waals surface area contributed by atoms with Gasteiger partial charge in [-0.15, -0.1) is 0 Å². The first-order valence-corrected chi connectivity index (χ1v) is 13.1. The number of nitrogens with two attached hydrogens (primary N) is 1. The van der Waals surface area contributed by atoms with Gasteiger partial charge in [-0.2, -0.15) is 20.3 Å². The van der Waals surface area contributed by atoms with Crippen molar-refractivity contribution in [2.75, 3.05) is 26.6 Å². The number of aromatic nitrogens is 4. The molecule has 4 rings (SSSR count). The largest absolute Gasteiger partial charge is 0.479 e. The number of nitrogen functional groups attached to an aromatic ring is 1. The Hall–Kier alpha value is -3.76. The zero-order chi connectivity index (χ0) is 27.5. The second kappa shape index (κ2) is 10.9. The smallest absolute Gasteiger partial charge is 0.459 e. The lowest BCUT2D eigenvalue weighted by molar-refractivity contribution is -0.142. The predicted octanol–water partition coefficient (Wildman–Crippen LogP) is 2.59. The number of nitrogens with zero attached hydrogens (tertiary/aromatic N) is 5. The van der Waals surface area contributed by atoms with E-state index in [0.717, 1.165) is 0 Å². The quantitative estimate of drug-likeness (QED) is 0.280. The summed E-state index contributed by atoms with van der Waals surface area (Å²) in [6, 6.07) is 9.67. The zero-order valence-corrected chi connectivity index (χ0v) is 22.1. The molecule has 0 saturated carbocycles. The van der Waals surface area contributed by atoms with Crippen LogP contribution in [-0.4, -0.2) is 58.5 Å². The van der Waals surface area contributed by atoms with Crippen LogP contribution in [0, 0.1) is 16.7 Å². The summed E-state index contributed by atoms with van der Waals surface area (Å²) in [6.07, 6.45) is 0.185. The van der Waals surface area contributed by atoms with Crippen molar-refractivity contribution in [3.05, 3.63) is 36.7 Å². The van der Waals surface area contributed by atoms with E-state index >= 15 is 0 Å². The maximum Gasteiger partial charge on any atom is 0.459 e. The molecule has 1 aromatic carbocycles. The first kappa shape index (κ1) is 27.3. The van der Waals surface area contributed by atoms with E-state index in [1.54, 1.807) is 41.8 Å². The first-order valence-electron chi connectivity index (χ1n) is 11.6. The van der Waals surface area contributed by atoms with Crippen molar-refractivity contribution in [2.24, 2.45) is 5.41 Å². The lowest BCUT2D eigenvalue weighted by atomic mass is 9.87. The maximum atomic E-state index is 13.7. The summed E-state index contributed by atoms with van der Waals surface area (Å²) in [4.78, 5) is 24.5. The summed E-state index contributed by atoms with van der Waals surface area (Å²) < 4.78 is 42.7. The van der Waals surface area contributed by atoms with Crippen molar-refractivity contribution in [2.45, 2.75) is 38.6 Å². The van der Waals surface area contributed by atoms with Crippen LogP contribution >= 0.6 is 7.75 Å². The molecule has 3 aromatic rings. The zero-order valence-electron chi connectivity index (χ0n) is 21.2. The second-order valence-electron chi connectivity index (χ2n) is 8.83. The number of nitrogens with one attached hydrogen (secondary N) is 1. The van der Waals surface area contributed by atoms with Crippen molar-refractivity contribution in [1.82, 2.24) is 24.6 Å². The van der Waals surface area contributed by atoms with Crippen LogP contribution in [0.1, 0.15) is 26.5 Å². The molecule has 0 bridgehead atoms. The number of hydrogen-bond donors (Lipinski definition) is 2. The highest BCUT2D eigenvalue weighted by Gasteiger charge is 2.48. The number of carbonyl (C=O) groups is 1. The van der Waals surface area contributed by atoms with Gasteiger partial charge >= 0.3 is 13.7 Å². The SMILES string of the molecule is COC(=O)[C@H](C)NP(=O)(OC[C@@H]1C[C@@](C)(C#N)[C@H](n2cnc3c(OC)nc(N)nc32)O1)Oc1ccccc1. The van der Waals surface area contributed by atoms with Gasteiger partial charge in [0.25, 0.3) is 0 Å². The van der Waals surface area contributed by atoms with E-state index in [0.29, 0.717) is 11.2 Å². The van der Waals surface area contributed by atoms with E-state index in [1.165, 1.54) is 27.5 Å². The summed E-state index contributed by atoms with van der Waals surface area (Å²) in [6.45, 7) is 2.98. The summed E-state index contributed by atoms with van der Waals surface area (Å²) >= 11 is 0. The third-order valence-electron chi connectivity index (χ3n) is 5.93. The highest BCUT2D eigenvalue weighted by atomic mass is 31.2. The van der Waals surface area contributed by atoms with Gasteiger partial charge in [0.15, 0.2) is 17.4 Å². The van der Waals surface area contributed by atoms with Gasteiger partial charge in [0.05, 0.1) is 39.3 Å². The van der Waals surface area contributed by atoms with Crippen molar-refractivity contribution in [3.8, 4) is 17.7 Å². The molecule has 0 amide bonds. The molecule has 1 fully saturated rings. The Morgan fingerprint density at radius 1 is 1.37 bits per heavy atom. The Morgan fingerprint density at radius 2 is 2.11 bits per heavy atom. The number of hydrogen-bond acceptors (Lipinski definition) is 12. The molecule has 15 heteroatoms. The molecule has 3 N–H and O–H groups in total. The van der Waals surface area contributed by atoms with Crippen molar-refractivity contribution >= 4 is 30.8 Å². The molecule has 5 atom stereocenters. The van der Waals surface area contributed by atoms with E-state index in [1.807, 2.05) is 0 Å². The fourth-order valence-corrected chi connectivity index (χ4v) is 5.63. The van der Waals surface area contributed by atoms with E-state index < -0.39 is 37.5 Å². The van der Waals surface area contributed by atoms with E-state index in [9.17, 15) is 14.6 Å². The minimum atomic E-state index is -4.09. The maximum absolute atomic E-state index is 13.7. The van der Waals surface area contributed by atoms with Crippen LogP contribution in [-0.2, 0) is 23.4 Å². The number of methoxy groups -OCH3 is 2. The van der Waals surface area contributed by atoms with Crippen LogP contribution in [0.2, 0.25) is 0 Å². The Kier molecular flexibility index (Phi) is 7.84. The third kappa shape index (κ3) is 5.56. The highest BCUT2D eigenvalue weighted by Crippen LogP contribution is 2.49. The Labute approximate surface area is 218 Å². The van der Waals surface area contributed by atoms with Crippen LogP contribution in [0.25, 0.3) is 11.2 Å². The molecule has 0 spiro atoms. The van der Waals surface area contributed by atoms with E-state index in [2.05, 4.69) is 26.1 Å². The number of para-hydroxylation sites is 1. The summed E-state index contributed by atoms with van der Waals surface area (Å²) in [5, 5.41) is 12.6. The number of fused-ring (bicyclic) bond motifs is 1. The number of esters is 1. The molecular formula is C23H28N7O7P. The van der Waals surface area contributed by atoms with Gasteiger partial charge in [-0.3, -0.25) is 13.9 Å². The summed E-state index contributed by atoms with van der Waals surface area (Å²) in [5.74, 6) is -0.225. The van der Waals surface area contributed by atoms with Gasteiger partial charge < -0.3 is 24.5 Å². The Bertz CT molecular complexity index is 1400. The Balaban J connectivity index is 1.57. The summed E-state index contributed by atoms with van der Waals surface area (Å²) in [7, 11) is -1.44. The van der Waals surface area contributed by atoms with Crippen molar-refractivity contribution in [3.63, 3.8) is 0 Å². The molecule has 0 aliphatic carbocycles. The molecule has 1 aliphatic rings. The van der Waals surface area contributed by atoms with Crippen LogP contribution in [0.3, 0.4) is 0 Å². The molecule has 3 heterocycles. The van der Waals surface area contributed by atoms with Crippen LogP contribution < -0.4 is 20.1 Å². The van der Waals surface area contributed by atoms with Crippen molar-refractivity contribution < 1.29 is 32.6 Å². The predicted molar refractivity (Wildman–Crippen MR) is 134 cm³/mol. The minimum absolute atomic E-state index is 0.0301. The van der Waals surface area contributed by atoms with E-state index in [-0.39, 0.29) is 30.6 Å². The molecule has 2 aromatic heterocycles. The molecule has 0 radical (unpaired) electrons. The lowest BCUT2D eigenvalue weighted by Gasteiger charge is -2.24. The Morgan fingerprint density at radius 3 is 2.76 bits per heavy atom. The number of imidazole rings is 1. The van der Waals surface area contributed by atoms with Gasteiger partial charge in [-0.1, -0.05) is 18.2 Å². The average Bonchev–Trinajstić information content (AvgIpc) is 3.47. The lowest BCUT2D eigenvalue weighted by Crippen LogP contribution is -2.35. The molecule has 14 nitrogen and oxygen atoms in total. The number of rotatable bonds is 10. The van der Waals surface area contributed by atoms with Crippen LogP contribution in [0.5, 0.6) is 11.6 Å². The fraction of sp³-hybridized carbons (Fsp3) is 0.435. The monoisotopic (exact) mass is 545 g/mol. The van der Waals surface area contributed by atoms with Gasteiger partial charge in [-0.05, 0) is 32.4 Å². The number of ether oxygens (including phenoxy) is 3. The average molecular weight is 545 g/mol. The molecular weight excluding hydrogens is 517 g/mol. The van der Waals surface area contributed by atoms with Gasteiger partial charge in [-0.25, -0.2) is 9.55 Å². The number of nitriles is 1. The fourth-order valence-electron chi connectivity index (χ4n) is 4.10. The standard InChI is InChI=1S/C23H28N7O7P/c1-14(20(31)34-4)29-38(32,37-15-8-6-5-7-9-15)35-11-16-10-23(2,12-24)21(36-16)30-13-26-17-18(30)27-22(25)28-19(17)33-3/h5-9,13-14,16,21H,10-11H2,1-4H3,(H,29,32)(H2,25,27,28)/t14-,16-,21+,23-,38?/m0/s1. The minimum Gasteiger partial charge on any atom is -0.479 e.